The van der Waals surface area contributed by atoms with E-state index < -0.39 is 0 Å². The van der Waals surface area contributed by atoms with Crippen LogP contribution in [0.3, 0.4) is 0 Å². The average Bonchev–Trinajstić information content (AvgIpc) is 2.34. The molecule has 0 aliphatic carbocycles. The second-order valence-corrected chi connectivity index (χ2v) is 5.16. The van der Waals surface area contributed by atoms with Crippen molar-refractivity contribution >= 4 is 17.8 Å². The first-order chi connectivity index (χ1) is 9.06. The Morgan fingerprint density at radius 1 is 1.16 bits per heavy atom. The van der Waals surface area contributed by atoms with Crippen LogP contribution in [0, 0.1) is 20.8 Å². The first-order valence-electron chi connectivity index (χ1n) is 6.24. The summed E-state index contributed by atoms with van der Waals surface area (Å²) in [5.74, 6) is 0. The van der Waals surface area contributed by atoms with Crippen LogP contribution >= 0.6 is 11.6 Å². The lowest BCUT2D eigenvalue weighted by Crippen LogP contribution is -1.94. The third-order valence-corrected chi connectivity index (χ3v) is 3.24. The van der Waals surface area contributed by atoms with Crippen LogP contribution in [0.1, 0.15) is 27.8 Å². The molecule has 0 amide bonds. The van der Waals surface area contributed by atoms with Crippen molar-refractivity contribution in [2.45, 2.75) is 27.3 Å². The molecule has 0 spiro atoms. The standard InChI is InChI=1S/C16H17ClN2/c1-11-6-12(2)15(13(3)7-11)10-18-8-14-4-5-16(17)19-9-14/h4-7,9-10H,8H2,1-3H3/b18-10+. The molecule has 19 heavy (non-hydrogen) atoms. The number of rotatable bonds is 3. The van der Waals surface area contributed by atoms with Crippen molar-refractivity contribution in [1.82, 2.24) is 4.98 Å². The first kappa shape index (κ1) is 13.8. The van der Waals surface area contributed by atoms with Crippen LogP contribution in [0.2, 0.25) is 5.15 Å². The molecule has 0 aliphatic heterocycles. The fraction of sp³-hybridized carbons (Fsp3) is 0.250. The van der Waals surface area contributed by atoms with Gasteiger partial charge in [-0.3, -0.25) is 4.99 Å². The highest BCUT2D eigenvalue weighted by Crippen LogP contribution is 2.14. The van der Waals surface area contributed by atoms with Crippen molar-refractivity contribution in [1.29, 1.82) is 0 Å². The van der Waals surface area contributed by atoms with Crippen LogP contribution in [0.15, 0.2) is 35.5 Å². The van der Waals surface area contributed by atoms with Gasteiger partial charge < -0.3 is 0 Å². The molecule has 3 heteroatoms. The minimum Gasteiger partial charge on any atom is -0.288 e. The lowest BCUT2D eigenvalue weighted by molar-refractivity contribution is 1.05. The number of pyridine rings is 1. The number of hydrogen-bond donors (Lipinski definition) is 0. The second kappa shape index (κ2) is 5.98. The van der Waals surface area contributed by atoms with Crippen molar-refractivity contribution in [2.75, 3.05) is 0 Å². The van der Waals surface area contributed by atoms with E-state index in [1.807, 2.05) is 12.3 Å². The van der Waals surface area contributed by atoms with E-state index in [0.29, 0.717) is 11.7 Å². The molecule has 1 heterocycles. The van der Waals surface area contributed by atoms with Crippen LogP contribution in [0.4, 0.5) is 0 Å². The minimum atomic E-state index is 0.512. The molecule has 2 rings (SSSR count). The summed E-state index contributed by atoms with van der Waals surface area (Å²) < 4.78 is 0. The number of halogens is 1. The van der Waals surface area contributed by atoms with Gasteiger partial charge in [0.25, 0.3) is 0 Å². The topological polar surface area (TPSA) is 25.2 Å². The zero-order valence-corrected chi connectivity index (χ0v) is 12.2. The van der Waals surface area contributed by atoms with Gasteiger partial charge in [0.05, 0.1) is 6.54 Å². The Labute approximate surface area is 119 Å². The van der Waals surface area contributed by atoms with E-state index in [9.17, 15) is 0 Å². The molecule has 0 unspecified atom stereocenters. The smallest absolute Gasteiger partial charge is 0.129 e. The van der Waals surface area contributed by atoms with Gasteiger partial charge in [-0.25, -0.2) is 4.98 Å². The summed E-state index contributed by atoms with van der Waals surface area (Å²) in [6.07, 6.45) is 3.70. The zero-order valence-electron chi connectivity index (χ0n) is 11.4. The predicted molar refractivity (Wildman–Crippen MR) is 81.2 cm³/mol. The van der Waals surface area contributed by atoms with Crippen molar-refractivity contribution in [2.24, 2.45) is 4.99 Å². The van der Waals surface area contributed by atoms with E-state index >= 15 is 0 Å². The average molecular weight is 273 g/mol. The molecule has 0 aliphatic rings. The lowest BCUT2D eigenvalue weighted by atomic mass is 10.0. The van der Waals surface area contributed by atoms with Gasteiger partial charge >= 0.3 is 0 Å². The summed E-state index contributed by atoms with van der Waals surface area (Å²) >= 11 is 5.75. The van der Waals surface area contributed by atoms with Gasteiger partial charge in [-0.2, -0.15) is 0 Å². The Bertz CT molecular complexity index is 578. The molecule has 0 atom stereocenters. The van der Waals surface area contributed by atoms with Gasteiger partial charge in [-0.05, 0) is 49.1 Å². The molecular formula is C16H17ClN2. The number of nitrogens with zero attached hydrogens (tertiary/aromatic N) is 2. The highest BCUT2D eigenvalue weighted by Gasteiger charge is 2.00. The monoisotopic (exact) mass is 272 g/mol. The Kier molecular flexibility index (Phi) is 4.33. The van der Waals surface area contributed by atoms with E-state index in [-0.39, 0.29) is 0 Å². The third-order valence-electron chi connectivity index (χ3n) is 3.02. The molecule has 0 saturated carbocycles. The molecule has 0 bridgehead atoms. The van der Waals surface area contributed by atoms with E-state index in [1.165, 1.54) is 22.3 Å². The van der Waals surface area contributed by atoms with Gasteiger partial charge in [0.1, 0.15) is 5.15 Å². The Balaban J connectivity index is 2.13. The first-order valence-corrected chi connectivity index (χ1v) is 6.62. The van der Waals surface area contributed by atoms with Crippen LogP contribution in [0.5, 0.6) is 0 Å². The van der Waals surface area contributed by atoms with Crippen molar-refractivity contribution < 1.29 is 0 Å². The second-order valence-electron chi connectivity index (χ2n) is 4.77. The van der Waals surface area contributed by atoms with Gasteiger partial charge in [-0.1, -0.05) is 35.4 Å². The fourth-order valence-electron chi connectivity index (χ4n) is 2.14. The predicted octanol–water partition coefficient (Wildman–Crippen LogP) is 4.28. The summed E-state index contributed by atoms with van der Waals surface area (Å²) in [7, 11) is 0. The van der Waals surface area contributed by atoms with E-state index in [0.717, 1.165) is 5.56 Å². The third kappa shape index (κ3) is 3.65. The number of aryl methyl sites for hydroxylation is 3. The molecule has 1 aromatic heterocycles. The molecular weight excluding hydrogens is 256 g/mol. The SMILES string of the molecule is Cc1cc(C)c(/C=N/Cc2ccc(Cl)nc2)c(C)c1. The Morgan fingerprint density at radius 3 is 2.42 bits per heavy atom. The fourth-order valence-corrected chi connectivity index (χ4v) is 2.25. The summed E-state index contributed by atoms with van der Waals surface area (Å²) in [4.78, 5) is 8.53. The molecule has 0 saturated heterocycles. The van der Waals surface area contributed by atoms with E-state index in [2.05, 4.69) is 42.9 Å². The maximum absolute atomic E-state index is 5.75. The molecule has 0 N–H and O–H groups in total. The van der Waals surface area contributed by atoms with Gasteiger partial charge in [0.15, 0.2) is 0 Å². The van der Waals surface area contributed by atoms with Gasteiger partial charge in [0, 0.05) is 12.4 Å². The molecule has 98 valence electrons. The van der Waals surface area contributed by atoms with Crippen LogP contribution in [0.25, 0.3) is 0 Å². The molecule has 0 radical (unpaired) electrons. The Morgan fingerprint density at radius 2 is 1.84 bits per heavy atom. The highest BCUT2D eigenvalue weighted by atomic mass is 35.5. The quantitative estimate of drug-likeness (QED) is 0.605. The summed E-state index contributed by atoms with van der Waals surface area (Å²) in [6.45, 7) is 6.97. The minimum absolute atomic E-state index is 0.512. The number of aliphatic imine (C=N–C) groups is 1. The maximum Gasteiger partial charge on any atom is 0.129 e. The van der Waals surface area contributed by atoms with Crippen LogP contribution in [-0.4, -0.2) is 11.2 Å². The number of aromatic nitrogens is 1. The highest BCUT2D eigenvalue weighted by molar-refractivity contribution is 6.29. The Hall–Kier alpha value is -1.67. The molecule has 2 aromatic rings. The maximum atomic E-state index is 5.75. The normalized spacial score (nSPS) is 11.2. The van der Waals surface area contributed by atoms with E-state index in [4.69, 9.17) is 11.6 Å². The molecule has 1 aromatic carbocycles. The van der Waals surface area contributed by atoms with E-state index in [1.54, 1.807) is 12.3 Å². The van der Waals surface area contributed by atoms with Crippen molar-refractivity contribution in [3.63, 3.8) is 0 Å². The van der Waals surface area contributed by atoms with Gasteiger partial charge in [0.2, 0.25) is 0 Å². The van der Waals surface area contributed by atoms with Crippen LogP contribution < -0.4 is 0 Å². The summed E-state index contributed by atoms with van der Waals surface area (Å²) in [6, 6.07) is 8.09. The van der Waals surface area contributed by atoms with Crippen molar-refractivity contribution in [3.05, 3.63) is 63.4 Å². The van der Waals surface area contributed by atoms with Crippen LogP contribution in [-0.2, 0) is 6.54 Å². The summed E-state index contributed by atoms with van der Waals surface area (Å²) in [5.41, 5.74) is 6.07. The largest absolute Gasteiger partial charge is 0.288 e. The van der Waals surface area contributed by atoms with Crippen molar-refractivity contribution in [3.8, 4) is 0 Å². The van der Waals surface area contributed by atoms with Gasteiger partial charge in [-0.15, -0.1) is 0 Å². The molecule has 0 fully saturated rings. The number of benzene rings is 1. The number of hydrogen-bond acceptors (Lipinski definition) is 2. The lowest BCUT2D eigenvalue weighted by Gasteiger charge is -2.06. The molecule has 2 nitrogen and oxygen atoms in total. The summed E-state index contributed by atoms with van der Waals surface area (Å²) in [5, 5.41) is 0.512. The zero-order chi connectivity index (χ0) is 13.8.